The van der Waals surface area contributed by atoms with Gasteiger partial charge in [0.2, 0.25) is 0 Å². The zero-order chi connectivity index (χ0) is 20.3. The first-order valence-corrected chi connectivity index (χ1v) is 10.6. The van der Waals surface area contributed by atoms with E-state index in [9.17, 15) is 18.3 Å². The summed E-state index contributed by atoms with van der Waals surface area (Å²) in [5.41, 5.74) is 2.38. The third kappa shape index (κ3) is 4.24. The minimum absolute atomic E-state index is 0.156. The Hall–Kier alpha value is -2.29. The number of carbonyl (C=O) groups is 1. The van der Waals surface area contributed by atoms with Crippen LogP contribution in [-0.2, 0) is 16.6 Å². The van der Waals surface area contributed by atoms with E-state index >= 15 is 0 Å². The van der Waals surface area contributed by atoms with Crippen LogP contribution in [0.25, 0.3) is 11.3 Å². The number of rotatable bonds is 6. The van der Waals surface area contributed by atoms with Crippen LogP contribution in [0.5, 0.6) is 0 Å². The van der Waals surface area contributed by atoms with Gasteiger partial charge in [-0.15, -0.1) is 0 Å². The third-order valence-corrected chi connectivity index (χ3v) is 6.99. The fourth-order valence-corrected chi connectivity index (χ4v) is 4.89. The highest BCUT2D eigenvalue weighted by Crippen LogP contribution is 2.30. The molecular formula is C20H25N3O4S. The lowest BCUT2D eigenvalue weighted by Crippen LogP contribution is -2.45. The second kappa shape index (κ2) is 8.38. The van der Waals surface area contributed by atoms with Gasteiger partial charge in [0.25, 0.3) is 10.2 Å². The van der Waals surface area contributed by atoms with E-state index in [0.29, 0.717) is 30.8 Å². The normalized spacial score (nSPS) is 18.3. The number of nitrogens with zero attached hydrogens (tertiary/aromatic N) is 3. The fraction of sp³-hybridized carbons (Fsp3) is 0.400. The minimum Gasteiger partial charge on any atom is -0.478 e. The molecule has 2 aromatic rings. The lowest BCUT2D eigenvalue weighted by molar-refractivity contribution is 0.0697. The van der Waals surface area contributed by atoms with Crippen molar-refractivity contribution in [3.05, 3.63) is 53.7 Å². The smallest absolute Gasteiger partial charge is 0.336 e. The number of pyridine rings is 1. The van der Waals surface area contributed by atoms with Gasteiger partial charge in [0.15, 0.2) is 0 Å². The van der Waals surface area contributed by atoms with Crippen molar-refractivity contribution in [2.45, 2.75) is 19.3 Å². The number of piperidine rings is 1. The summed E-state index contributed by atoms with van der Waals surface area (Å²) in [6.07, 6.45) is 4.03. The van der Waals surface area contributed by atoms with Crippen LogP contribution in [-0.4, -0.2) is 60.3 Å². The standard InChI is InChI=1S/C20H25N3O4S/c1-22(2)28(26,27)23-12-6-7-15(14-23)13-16-8-5-11-21-19(16)17-9-3-4-10-18(17)20(24)25/h3-5,8-11,15H,6-7,12-14H2,1-2H3,(H,24,25). The Balaban J connectivity index is 1.88. The molecule has 1 saturated heterocycles. The average Bonchev–Trinajstić information content (AvgIpc) is 2.68. The van der Waals surface area contributed by atoms with Crippen LogP contribution in [0.15, 0.2) is 42.6 Å². The van der Waals surface area contributed by atoms with Crippen molar-refractivity contribution in [2.75, 3.05) is 27.2 Å². The number of benzene rings is 1. The molecule has 8 heteroatoms. The first-order chi connectivity index (χ1) is 13.3. The van der Waals surface area contributed by atoms with Gasteiger partial charge in [0, 0.05) is 38.9 Å². The molecule has 1 aromatic heterocycles. The molecule has 0 aliphatic carbocycles. The second-order valence-electron chi connectivity index (χ2n) is 7.22. The largest absolute Gasteiger partial charge is 0.478 e. The van der Waals surface area contributed by atoms with Gasteiger partial charge in [-0.3, -0.25) is 4.98 Å². The van der Waals surface area contributed by atoms with Crippen molar-refractivity contribution in [1.29, 1.82) is 0 Å². The molecule has 2 heterocycles. The summed E-state index contributed by atoms with van der Waals surface area (Å²) in [7, 11) is -0.347. The Morgan fingerprint density at radius 2 is 2.00 bits per heavy atom. The molecule has 1 unspecified atom stereocenters. The molecule has 1 aliphatic heterocycles. The summed E-state index contributed by atoms with van der Waals surface area (Å²) in [5.74, 6) is -0.837. The molecule has 28 heavy (non-hydrogen) atoms. The van der Waals surface area contributed by atoms with Gasteiger partial charge < -0.3 is 5.11 Å². The van der Waals surface area contributed by atoms with E-state index in [1.54, 1.807) is 44.6 Å². The van der Waals surface area contributed by atoms with Gasteiger partial charge in [0.1, 0.15) is 0 Å². The van der Waals surface area contributed by atoms with E-state index in [4.69, 9.17) is 0 Å². The van der Waals surface area contributed by atoms with Crippen LogP contribution in [0.1, 0.15) is 28.8 Å². The van der Waals surface area contributed by atoms with Gasteiger partial charge in [-0.2, -0.15) is 17.0 Å². The summed E-state index contributed by atoms with van der Waals surface area (Å²) in [6, 6.07) is 10.6. The lowest BCUT2D eigenvalue weighted by atomic mass is 9.89. The van der Waals surface area contributed by atoms with Crippen molar-refractivity contribution < 1.29 is 18.3 Å². The van der Waals surface area contributed by atoms with Crippen molar-refractivity contribution in [3.63, 3.8) is 0 Å². The highest BCUT2D eigenvalue weighted by Gasteiger charge is 2.31. The van der Waals surface area contributed by atoms with Crippen LogP contribution in [0.3, 0.4) is 0 Å². The highest BCUT2D eigenvalue weighted by atomic mass is 32.2. The Bertz CT molecular complexity index is 959. The molecule has 3 rings (SSSR count). The van der Waals surface area contributed by atoms with Crippen molar-refractivity contribution in [1.82, 2.24) is 13.6 Å². The number of aromatic nitrogens is 1. The first-order valence-electron chi connectivity index (χ1n) is 9.25. The van der Waals surface area contributed by atoms with E-state index in [1.165, 1.54) is 8.61 Å². The van der Waals surface area contributed by atoms with Crippen LogP contribution >= 0.6 is 0 Å². The maximum absolute atomic E-state index is 12.5. The molecule has 1 atom stereocenters. The molecule has 1 fully saturated rings. The quantitative estimate of drug-likeness (QED) is 0.800. The predicted molar refractivity (Wildman–Crippen MR) is 107 cm³/mol. The molecule has 0 spiro atoms. The number of hydrogen-bond acceptors (Lipinski definition) is 4. The number of carboxylic acids is 1. The summed E-state index contributed by atoms with van der Waals surface area (Å²) >= 11 is 0. The van der Waals surface area contributed by atoms with Gasteiger partial charge in [-0.1, -0.05) is 24.3 Å². The summed E-state index contributed by atoms with van der Waals surface area (Å²) in [4.78, 5) is 16.1. The van der Waals surface area contributed by atoms with E-state index in [-0.39, 0.29) is 11.5 Å². The summed E-state index contributed by atoms with van der Waals surface area (Å²) in [6.45, 7) is 0.980. The third-order valence-electron chi connectivity index (χ3n) is 5.08. The first kappa shape index (κ1) is 20.4. The predicted octanol–water partition coefficient (Wildman–Crippen LogP) is 2.51. The van der Waals surface area contributed by atoms with Crippen molar-refractivity contribution in [2.24, 2.45) is 5.92 Å². The number of hydrogen-bond donors (Lipinski definition) is 1. The van der Waals surface area contributed by atoms with Gasteiger partial charge in [0.05, 0.1) is 11.3 Å². The van der Waals surface area contributed by atoms with Crippen LogP contribution < -0.4 is 0 Å². The molecule has 1 aliphatic rings. The molecule has 0 amide bonds. The van der Waals surface area contributed by atoms with E-state index in [2.05, 4.69) is 4.98 Å². The van der Waals surface area contributed by atoms with Crippen LogP contribution in [0, 0.1) is 5.92 Å². The Labute approximate surface area is 165 Å². The molecule has 0 bridgehead atoms. The summed E-state index contributed by atoms with van der Waals surface area (Å²) in [5, 5.41) is 9.51. The lowest BCUT2D eigenvalue weighted by Gasteiger charge is -2.33. The Morgan fingerprint density at radius 1 is 1.25 bits per heavy atom. The SMILES string of the molecule is CN(C)S(=O)(=O)N1CCCC(Cc2cccnc2-c2ccccc2C(=O)O)C1. The maximum atomic E-state index is 12.5. The zero-order valence-corrected chi connectivity index (χ0v) is 16.9. The zero-order valence-electron chi connectivity index (χ0n) is 16.1. The van der Waals surface area contributed by atoms with E-state index in [1.807, 2.05) is 12.1 Å². The topological polar surface area (TPSA) is 90.8 Å². The molecule has 150 valence electrons. The fourth-order valence-electron chi connectivity index (χ4n) is 3.67. The maximum Gasteiger partial charge on any atom is 0.336 e. The molecule has 0 saturated carbocycles. The number of carboxylic acid groups (broad SMARTS) is 1. The molecular weight excluding hydrogens is 378 g/mol. The molecule has 1 N–H and O–H groups in total. The Morgan fingerprint density at radius 3 is 2.71 bits per heavy atom. The molecule has 0 radical (unpaired) electrons. The van der Waals surface area contributed by atoms with Crippen molar-refractivity contribution >= 4 is 16.2 Å². The number of aromatic carboxylic acids is 1. The Kier molecular flexibility index (Phi) is 6.12. The van der Waals surface area contributed by atoms with Gasteiger partial charge in [-0.25, -0.2) is 4.79 Å². The van der Waals surface area contributed by atoms with Crippen molar-refractivity contribution in [3.8, 4) is 11.3 Å². The average molecular weight is 404 g/mol. The van der Waals surface area contributed by atoms with Gasteiger partial charge >= 0.3 is 5.97 Å². The second-order valence-corrected chi connectivity index (χ2v) is 9.36. The highest BCUT2D eigenvalue weighted by molar-refractivity contribution is 7.86. The molecule has 1 aromatic carbocycles. The van der Waals surface area contributed by atoms with Gasteiger partial charge in [-0.05, 0) is 42.9 Å². The minimum atomic E-state index is -3.43. The molecule has 7 nitrogen and oxygen atoms in total. The van der Waals surface area contributed by atoms with E-state index in [0.717, 1.165) is 18.4 Å². The van der Waals surface area contributed by atoms with Crippen LogP contribution in [0.2, 0.25) is 0 Å². The monoisotopic (exact) mass is 403 g/mol. The van der Waals surface area contributed by atoms with Crippen LogP contribution in [0.4, 0.5) is 0 Å². The van der Waals surface area contributed by atoms with E-state index < -0.39 is 16.2 Å². The summed E-state index contributed by atoms with van der Waals surface area (Å²) < 4.78 is 27.7.